The molecular formula is C8H6BrClF3NO. The lowest BCUT2D eigenvalue weighted by Gasteiger charge is -2.14. The van der Waals surface area contributed by atoms with E-state index in [0.717, 1.165) is 0 Å². The predicted octanol–water partition coefficient (Wildman–Crippen LogP) is 3.72. The summed E-state index contributed by atoms with van der Waals surface area (Å²) in [5, 5.41) is 0.00104. The number of hydrogen-bond donors (Lipinski definition) is 1. The smallest absolute Gasteiger partial charge is 0.404 e. The standard InChI is InChI=1S/C8H6BrClF3NO/c9-3-4-6(14)2-1-5(10)7(4)15-8(11,12)13/h1-2H,3,14H2. The fraction of sp³-hybridized carbons (Fsp3) is 0.250. The van der Waals surface area contributed by atoms with Gasteiger partial charge < -0.3 is 10.5 Å². The van der Waals surface area contributed by atoms with Gasteiger partial charge in [-0.15, -0.1) is 13.2 Å². The van der Waals surface area contributed by atoms with Crippen LogP contribution in [0.25, 0.3) is 0 Å². The molecular weight excluding hydrogens is 298 g/mol. The SMILES string of the molecule is Nc1ccc(Cl)c(OC(F)(F)F)c1CBr. The molecule has 0 aliphatic carbocycles. The molecule has 0 saturated heterocycles. The average molecular weight is 304 g/mol. The van der Waals surface area contributed by atoms with Crippen LogP contribution in [0.4, 0.5) is 18.9 Å². The number of ether oxygens (including phenoxy) is 1. The highest BCUT2D eigenvalue weighted by Crippen LogP contribution is 2.37. The van der Waals surface area contributed by atoms with Crippen LogP contribution in [0.5, 0.6) is 5.75 Å². The minimum Gasteiger partial charge on any atom is -0.404 e. The van der Waals surface area contributed by atoms with E-state index >= 15 is 0 Å². The van der Waals surface area contributed by atoms with Gasteiger partial charge in [0.2, 0.25) is 0 Å². The van der Waals surface area contributed by atoms with E-state index < -0.39 is 12.1 Å². The Morgan fingerprint density at radius 3 is 2.47 bits per heavy atom. The Morgan fingerprint density at radius 1 is 1.40 bits per heavy atom. The molecule has 0 fully saturated rings. The average Bonchev–Trinajstić information content (AvgIpc) is 2.10. The van der Waals surface area contributed by atoms with Crippen LogP contribution in [0.3, 0.4) is 0 Å². The summed E-state index contributed by atoms with van der Waals surface area (Å²) in [6.45, 7) is 0. The zero-order valence-electron chi connectivity index (χ0n) is 7.24. The number of halogens is 5. The minimum atomic E-state index is -4.78. The molecule has 0 bridgehead atoms. The van der Waals surface area contributed by atoms with Crippen molar-refractivity contribution >= 4 is 33.2 Å². The highest BCUT2D eigenvalue weighted by atomic mass is 79.9. The van der Waals surface area contributed by atoms with E-state index in [-0.39, 0.29) is 21.6 Å². The Labute approximate surface area is 97.3 Å². The first kappa shape index (κ1) is 12.4. The summed E-state index contributed by atoms with van der Waals surface area (Å²) < 4.78 is 39.9. The van der Waals surface area contributed by atoms with Gasteiger partial charge in [-0.2, -0.15) is 0 Å². The molecule has 0 saturated carbocycles. The predicted molar refractivity (Wildman–Crippen MR) is 55.2 cm³/mol. The molecule has 0 heterocycles. The zero-order valence-corrected chi connectivity index (χ0v) is 9.58. The van der Waals surface area contributed by atoms with Crippen molar-refractivity contribution in [1.82, 2.24) is 0 Å². The number of nitrogen functional groups attached to an aromatic ring is 1. The number of rotatable bonds is 2. The molecule has 1 aromatic carbocycles. The van der Waals surface area contributed by atoms with Gasteiger partial charge in [0, 0.05) is 16.6 Å². The topological polar surface area (TPSA) is 35.2 Å². The van der Waals surface area contributed by atoms with E-state index in [1.165, 1.54) is 12.1 Å². The maximum atomic E-state index is 12.0. The van der Waals surface area contributed by atoms with Gasteiger partial charge in [0.15, 0.2) is 5.75 Å². The Hall–Kier alpha value is -0.620. The van der Waals surface area contributed by atoms with Crippen LogP contribution in [0.1, 0.15) is 5.56 Å². The first-order valence-corrected chi connectivity index (χ1v) is 5.23. The summed E-state index contributed by atoms with van der Waals surface area (Å²) in [6, 6.07) is 2.67. The van der Waals surface area contributed by atoms with E-state index in [4.69, 9.17) is 17.3 Å². The van der Waals surface area contributed by atoms with Gasteiger partial charge in [-0.25, -0.2) is 0 Å². The molecule has 84 valence electrons. The lowest BCUT2D eigenvalue weighted by atomic mass is 10.2. The molecule has 1 rings (SSSR count). The fourth-order valence-electron chi connectivity index (χ4n) is 0.978. The molecule has 1 aromatic rings. The van der Waals surface area contributed by atoms with Gasteiger partial charge in [0.25, 0.3) is 0 Å². The molecule has 7 heteroatoms. The van der Waals surface area contributed by atoms with Crippen LogP contribution in [0.15, 0.2) is 12.1 Å². The van der Waals surface area contributed by atoms with Crippen LogP contribution in [0, 0.1) is 0 Å². The van der Waals surface area contributed by atoms with Crippen LogP contribution in [-0.2, 0) is 5.33 Å². The van der Waals surface area contributed by atoms with Crippen LogP contribution in [0.2, 0.25) is 5.02 Å². The van der Waals surface area contributed by atoms with Crippen molar-refractivity contribution in [2.45, 2.75) is 11.7 Å². The number of nitrogens with two attached hydrogens (primary N) is 1. The van der Waals surface area contributed by atoms with Crippen molar-refractivity contribution in [1.29, 1.82) is 0 Å². The lowest BCUT2D eigenvalue weighted by Crippen LogP contribution is -2.18. The quantitative estimate of drug-likeness (QED) is 0.667. The Morgan fingerprint density at radius 2 is 2.00 bits per heavy atom. The van der Waals surface area contributed by atoms with Crippen molar-refractivity contribution in [2.75, 3.05) is 5.73 Å². The monoisotopic (exact) mass is 303 g/mol. The highest BCUT2D eigenvalue weighted by Gasteiger charge is 2.33. The van der Waals surface area contributed by atoms with Crippen LogP contribution in [-0.4, -0.2) is 6.36 Å². The van der Waals surface area contributed by atoms with Crippen molar-refractivity contribution < 1.29 is 17.9 Å². The molecule has 0 amide bonds. The molecule has 0 radical (unpaired) electrons. The summed E-state index contributed by atoms with van der Waals surface area (Å²) in [5.41, 5.74) is 5.85. The summed E-state index contributed by atoms with van der Waals surface area (Å²) in [4.78, 5) is 0. The molecule has 15 heavy (non-hydrogen) atoms. The number of anilines is 1. The van der Waals surface area contributed by atoms with Crippen LogP contribution < -0.4 is 10.5 Å². The molecule has 2 N–H and O–H groups in total. The Kier molecular flexibility index (Phi) is 3.72. The molecule has 2 nitrogen and oxygen atoms in total. The number of benzene rings is 1. The van der Waals surface area contributed by atoms with Crippen molar-refractivity contribution in [2.24, 2.45) is 0 Å². The molecule has 0 spiro atoms. The summed E-state index contributed by atoms with van der Waals surface area (Å²) in [6.07, 6.45) is -4.78. The van der Waals surface area contributed by atoms with Crippen molar-refractivity contribution in [3.63, 3.8) is 0 Å². The lowest BCUT2D eigenvalue weighted by molar-refractivity contribution is -0.274. The third-order valence-electron chi connectivity index (χ3n) is 1.60. The first-order chi connectivity index (χ1) is 6.85. The largest absolute Gasteiger partial charge is 0.573 e. The van der Waals surface area contributed by atoms with Crippen molar-refractivity contribution in [3.8, 4) is 5.75 Å². The normalized spacial score (nSPS) is 11.5. The Bertz CT molecular complexity index is 370. The van der Waals surface area contributed by atoms with Gasteiger partial charge in [0.1, 0.15) is 0 Å². The fourth-order valence-corrected chi connectivity index (χ4v) is 1.77. The summed E-state index contributed by atoms with van der Waals surface area (Å²) in [7, 11) is 0. The van der Waals surface area contributed by atoms with Gasteiger partial charge in [-0.3, -0.25) is 0 Å². The third kappa shape index (κ3) is 3.17. The summed E-state index contributed by atoms with van der Waals surface area (Å²) in [5.74, 6) is -0.457. The second-order valence-corrected chi connectivity index (χ2v) is 3.59. The maximum Gasteiger partial charge on any atom is 0.573 e. The zero-order chi connectivity index (χ0) is 11.6. The Balaban J connectivity index is 3.20. The van der Waals surface area contributed by atoms with E-state index in [0.29, 0.717) is 0 Å². The second kappa shape index (κ2) is 4.49. The molecule has 0 atom stereocenters. The second-order valence-electron chi connectivity index (χ2n) is 2.63. The minimum absolute atomic E-state index is 0.129. The van der Waals surface area contributed by atoms with Gasteiger partial charge >= 0.3 is 6.36 Å². The van der Waals surface area contributed by atoms with Gasteiger partial charge in [0.05, 0.1) is 5.02 Å². The third-order valence-corrected chi connectivity index (χ3v) is 2.46. The van der Waals surface area contributed by atoms with Gasteiger partial charge in [-0.1, -0.05) is 27.5 Å². The van der Waals surface area contributed by atoms with E-state index in [2.05, 4.69) is 20.7 Å². The first-order valence-electron chi connectivity index (χ1n) is 3.73. The maximum absolute atomic E-state index is 12.0. The molecule has 0 aliphatic rings. The summed E-state index contributed by atoms with van der Waals surface area (Å²) >= 11 is 8.60. The molecule has 0 unspecified atom stereocenters. The van der Waals surface area contributed by atoms with Gasteiger partial charge in [-0.05, 0) is 12.1 Å². The highest BCUT2D eigenvalue weighted by molar-refractivity contribution is 9.08. The molecule has 0 aliphatic heterocycles. The number of hydrogen-bond acceptors (Lipinski definition) is 2. The van der Waals surface area contributed by atoms with E-state index in [1.54, 1.807) is 0 Å². The van der Waals surface area contributed by atoms with E-state index in [1.807, 2.05) is 0 Å². The number of alkyl halides is 4. The van der Waals surface area contributed by atoms with E-state index in [9.17, 15) is 13.2 Å². The molecule has 0 aromatic heterocycles. The van der Waals surface area contributed by atoms with Crippen LogP contribution >= 0.6 is 27.5 Å². The van der Waals surface area contributed by atoms with Crippen molar-refractivity contribution in [3.05, 3.63) is 22.7 Å².